The molecule has 0 radical (unpaired) electrons. The number of hydrogen-bond donors (Lipinski definition) is 0. The molecule has 2 aliphatic carbocycles. The van der Waals surface area contributed by atoms with Gasteiger partial charge >= 0.3 is 0 Å². The van der Waals surface area contributed by atoms with Gasteiger partial charge < -0.3 is 4.74 Å². The van der Waals surface area contributed by atoms with Gasteiger partial charge in [0, 0.05) is 14.9 Å². The Morgan fingerprint density at radius 2 is 1.84 bits per heavy atom. The lowest BCUT2D eigenvalue weighted by Crippen LogP contribution is -2.00. The molecular weight excluding hydrogens is 368 g/mol. The van der Waals surface area contributed by atoms with Crippen LogP contribution >= 0.6 is 31.9 Å². The van der Waals surface area contributed by atoms with Gasteiger partial charge in [-0.15, -0.1) is 0 Å². The van der Waals surface area contributed by atoms with Gasteiger partial charge in [-0.3, -0.25) is 0 Å². The highest BCUT2D eigenvalue weighted by Gasteiger charge is 2.54. The van der Waals surface area contributed by atoms with Gasteiger partial charge in [0.1, 0.15) is 5.75 Å². The highest BCUT2D eigenvalue weighted by atomic mass is 79.9. The molecule has 3 heteroatoms. The van der Waals surface area contributed by atoms with Gasteiger partial charge in [-0.05, 0) is 55.2 Å². The summed E-state index contributed by atoms with van der Waals surface area (Å²) in [7, 11) is 1.77. The summed E-state index contributed by atoms with van der Waals surface area (Å²) in [6, 6.07) is 4.37. The van der Waals surface area contributed by atoms with Crippen molar-refractivity contribution in [2.45, 2.75) is 37.4 Å². The lowest BCUT2D eigenvalue weighted by Gasteiger charge is -2.16. The van der Waals surface area contributed by atoms with E-state index in [-0.39, 0.29) is 0 Å². The lowest BCUT2D eigenvalue weighted by molar-refractivity contribution is 0.407. The Morgan fingerprint density at radius 3 is 2.42 bits per heavy atom. The summed E-state index contributed by atoms with van der Waals surface area (Å²) in [6.45, 7) is 2.11. The average molecular weight is 388 g/mol. The molecule has 1 aromatic carbocycles. The molecule has 0 aromatic heterocycles. The molecule has 19 heavy (non-hydrogen) atoms. The van der Waals surface area contributed by atoms with Gasteiger partial charge in [-0.1, -0.05) is 44.7 Å². The van der Waals surface area contributed by atoms with E-state index in [1.807, 2.05) is 0 Å². The smallest absolute Gasteiger partial charge is 0.123 e. The van der Waals surface area contributed by atoms with Crippen molar-refractivity contribution in [3.63, 3.8) is 0 Å². The Morgan fingerprint density at radius 1 is 1.21 bits per heavy atom. The topological polar surface area (TPSA) is 9.23 Å². The molecule has 0 amide bonds. The number of halogens is 2. The highest BCUT2D eigenvalue weighted by Crippen LogP contribution is 2.63. The fourth-order valence-electron chi connectivity index (χ4n) is 3.75. The van der Waals surface area contributed by atoms with Crippen molar-refractivity contribution >= 4 is 31.9 Å². The normalized spacial score (nSPS) is 30.6. The minimum Gasteiger partial charge on any atom is -0.496 e. The van der Waals surface area contributed by atoms with Crippen LogP contribution in [0.25, 0.3) is 0 Å². The first-order valence-corrected chi connectivity index (χ1v) is 8.82. The maximum atomic E-state index is 5.58. The van der Waals surface area contributed by atoms with Crippen LogP contribution in [0.15, 0.2) is 16.6 Å². The zero-order valence-corrected chi connectivity index (χ0v) is 14.6. The monoisotopic (exact) mass is 386 g/mol. The first-order chi connectivity index (χ1) is 9.13. The van der Waals surface area contributed by atoms with E-state index in [0.717, 1.165) is 23.5 Å². The SMILES string of the molecule is COc1cc(C)c(Br)cc1C(Br)C1C2CCCCC21. The molecular formula is C16H20Br2O. The molecule has 1 aromatic rings. The molecule has 0 spiro atoms. The van der Waals surface area contributed by atoms with Crippen molar-refractivity contribution in [2.24, 2.45) is 17.8 Å². The van der Waals surface area contributed by atoms with E-state index in [0.29, 0.717) is 4.83 Å². The Balaban J connectivity index is 1.87. The van der Waals surface area contributed by atoms with Crippen LogP contribution in [0.4, 0.5) is 0 Å². The van der Waals surface area contributed by atoms with Crippen LogP contribution in [-0.2, 0) is 0 Å². The first kappa shape index (κ1) is 13.9. The fraction of sp³-hybridized carbons (Fsp3) is 0.625. The second-order valence-corrected chi connectivity index (χ2v) is 7.78. The standard InChI is InChI=1S/C16H20Br2O/c1-9-7-14(19-2)12(8-13(9)17)16(18)15-10-5-3-4-6-11(10)15/h7-8,10-11,15-16H,3-6H2,1-2H3. The van der Waals surface area contributed by atoms with Crippen LogP contribution < -0.4 is 4.74 Å². The highest BCUT2D eigenvalue weighted by molar-refractivity contribution is 9.10. The van der Waals surface area contributed by atoms with E-state index in [4.69, 9.17) is 4.74 Å². The average Bonchev–Trinajstić information content (AvgIpc) is 3.14. The van der Waals surface area contributed by atoms with E-state index in [1.165, 1.54) is 41.3 Å². The zero-order valence-electron chi connectivity index (χ0n) is 11.5. The van der Waals surface area contributed by atoms with E-state index in [1.54, 1.807) is 7.11 Å². The van der Waals surface area contributed by atoms with Crippen molar-refractivity contribution in [3.05, 3.63) is 27.7 Å². The maximum Gasteiger partial charge on any atom is 0.123 e. The predicted octanol–water partition coefficient (Wildman–Crippen LogP) is 5.64. The molecule has 3 rings (SSSR count). The summed E-state index contributed by atoms with van der Waals surface area (Å²) in [5.74, 6) is 3.73. The molecule has 0 saturated heterocycles. The van der Waals surface area contributed by atoms with E-state index >= 15 is 0 Å². The van der Waals surface area contributed by atoms with Crippen molar-refractivity contribution in [3.8, 4) is 5.75 Å². The molecule has 2 saturated carbocycles. The lowest BCUT2D eigenvalue weighted by atomic mass is 10.0. The van der Waals surface area contributed by atoms with Gasteiger partial charge in [-0.2, -0.15) is 0 Å². The molecule has 3 atom stereocenters. The Bertz CT molecular complexity index is 474. The van der Waals surface area contributed by atoms with Crippen LogP contribution in [0, 0.1) is 24.7 Å². The van der Waals surface area contributed by atoms with Crippen LogP contribution in [0.2, 0.25) is 0 Å². The summed E-state index contributed by atoms with van der Waals surface area (Å²) >= 11 is 7.60. The number of hydrogen-bond acceptors (Lipinski definition) is 1. The summed E-state index contributed by atoms with van der Waals surface area (Å²) in [5.41, 5.74) is 2.54. The molecule has 3 unspecified atom stereocenters. The fourth-order valence-corrected chi connectivity index (χ4v) is 5.25. The van der Waals surface area contributed by atoms with Crippen LogP contribution in [-0.4, -0.2) is 7.11 Å². The van der Waals surface area contributed by atoms with Gasteiger partial charge in [-0.25, -0.2) is 0 Å². The first-order valence-electron chi connectivity index (χ1n) is 7.11. The molecule has 2 fully saturated rings. The van der Waals surface area contributed by atoms with Crippen LogP contribution in [0.3, 0.4) is 0 Å². The summed E-state index contributed by atoms with van der Waals surface area (Å²) in [4.78, 5) is 0.437. The minimum atomic E-state index is 0.437. The molecule has 0 heterocycles. The zero-order chi connectivity index (χ0) is 13.6. The number of alkyl halides is 1. The number of benzene rings is 1. The van der Waals surface area contributed by atoms with Gasteiger partial charge in [0.15, 0.2) is 0 Å². The quantitative estimate of drug-likeness (QED) is 0.610. The van der Waals surface area contributed by atoms with Crippen molar-refractivity contribution < 1.29 is 4.74 Å². The molecule has 104 valence electrons. The Labute approximate surface area is 132 Å². The number of fused-ring (bicyclic) bond motifs is 1. The third-order valence-corrected chi connectivity index (χ3v) is 6.83. The third kappa shape index (κ3) is 2.49. The van der Waals surface area contributed by atoms with Crippen molar-refractivity contribution in [2.75, 3.05) is 7.11 Å². The van der Waals surface area contributed by atoms with Crippen LogP contribution in [0.5, 0.6) is 5.75 Å². The molecule has 0 aliphatic heterocycles. The van der Waals surface area contributed by atoms with Crippen molar-refractivity contribution in [1.29, 1.82) is 0 Å². The number of ether oxygens (including phenoxy) is 1. The number of methoxy groups -OCH3 is 1. The number of rotatable bonds is 3. The third-order valence-electron chi connectivity index (χ3n) is 4.87. The minimum absolute atomic E-state index is 0.437. The largest absolute Gasteiger partial charge is 0.496 e. The van der Waals surface area contributed by atoms with Gasteiger partial charge in [0.05, 0.1) is 7.11 Å². The number of aryl methyl sites for hydroxylation is 1. The van der Waals surface area contributed by atoms with Gasteiger partial charge in [0.25, 0.3) is 0 Å². The Hall–Kier alpha value is -0.0200. The van der Waals surface area contributed by atoms with E-state index in [2.05, 4.69) is 50.9 Å². The molecule has 0 bridgehead atoms. The summed E-state index contributed by atoms with van der Waals surface area (Å²) < 4.78 is 6.76. The Kier molecular flexibility index (Phi) is 3.96. The van der Waals surface area contributed by atoms with Crippen molar-refractivity contribution in [1.82, 2.24) is 0 Å². The second kappa shape index (κ2) is 5.40. The van der Waals surface area contributed by atoms with E-state index in [9.17, 15) is 0 Å². The summed E-state index contributed by atoms with van der Waals surface area (Å²) in [6.07, 6.45) is 5.69. The maximum absolute atomic E-state index is 5.58. The molecule has 1 nitrogen and oxygen atoms in total. The second-order valence-electron chi connectivity index (χ2n) is 5.93. The van der Waals surface area contributed by atoms with Crippen LogP contribution in [0.1, 0.15) is 41.6 Å². The molecule has 2 aliphatic rings. The predicted molar refractivity (Wildman–Crippen MR) is 86.0 cm³/mol. The summed E-state index contributed by atoms with van der Waals surface area (Å²) in [5, 5.41) is 0. The van der Waals surface area contributed by atoms with E-state index < -0.39 is 0 Å². The van der Waals surface area contributed by atoms with Gasteiger partial charge in [0.2, 0.25) is 0 Å². The molecule has 0 N–H and O–H groups in total.